The van der Waals surface area contributed by atoms with Gasteiger partial charge in [0.1, 0.15) is 11.8 Å². The Kier molecular flexibility index (Phi) is 4.71. The number of nitrogens with two attached hydrogens (primary N) is 1. The summed E-state index contributed by atoms with van der Waals surface area (Å²) in [6.07, 6.45) is 0. The lowest BCUT2D eigenvalue weighted by atomic mass is 10.1. The van der Waals surface area contributed by atoms with Gasteiger partial charge in [0.25, 0.3) is 5.69 Å². The summed E-state index contributed by atoms with van der Waals surface area (Å²) in [5.74, 6) is 0.0181. The molecule has 8 heteroatoms. The van der Waals surface area contributed by atoms with Crippen LogP contribution in [0.25, 0.3) is 0 Å². The molecule has 0 spiro atoms. The SMILES string of the molecule is COc1cc(CN2CCNCC2C(N)=O)cc([N+](=O)[O-])c1. The van der Waals surface area contributed by atoms with E-state index in [-0.39, 0.29) is 5.69 Å². The van der Waals surface area contributed by atoms with Gasteiger partial charge in [-0.1, -0.05) is 0 Å². The lowest BCUT2D eigenvalue weighted by Crippen LogP contribution is -2.56. The zero-order valence-electron chi connectivity index (χ0n) is 11.7. The van der Waals surface area contributed by atoms with Crippen molar-refractivity contribution in [1.82, 2.24) is 10.2 Å². The van der Waals surface area contributed by atoms with E-state index in [4.69, 9.17) is 10.5 Å². The molecule has 0 saturated carbocycles. The Balaban J connectivity index is 2.22. The molecule has 114 valence electrons. The van der Waals surface area contributed by atoms with Crippen LogP contribution >= 0.6 is 0 Å². The number of piperazine rings is 1. The van der Waals surface area contributed by atoms with E-state index in [0.29, 0.717) is 30.9 Å². The average molecular weight is 294 g/mol. The van der Waals surface area contributed by atoms with Crippen LogP contribution in [-0.2, 0) is 11.3 Å². The summed E-state index contributed by atoms with van der Waals surface area (Å²) in [6.45, 7) is 2.29. The standard InChI is InChI=1S/C13H18N4O4/c1-21-11-5-9(4-10(6-11)17(19)20)8-16-3-2-15-7-12(16)13(14)18/h4-6,12,15H,2-3,7-8H2,1H3,(H2,14,18). The van der Waals surface area contributed by atoms with Gasteiger partial charge in [0.05, 0.1) is 18.1 Å². The van der Waals surface area contributed by atoms with Crippen molar-refractivity contribution in [3.63, 3.8) is 0 Å². The number of amides is 1. The maximum atomic E-state index is 11.5. The summed E-state index contributed by atoms with van der Waals surface area (Å²) >= 11 is 0. The molecule has 1 atom stereocenters. The third-order valence-electron chi connectivity index (χ3n) is 3.47. The van der Waals surface area contributed by atoms with Gasteiger partial charge >= 0.3 is 0 Å². The average Bonchev–Trinajstić information content (AvgIpc) is 2.47. The number of non-ortho nitro benzene ring substituents is 1. The molecule has 1 saturated heterocycles. The normalized spacial score (nSPS) is 19.2. The number of hydrogen-bond acceptors (Lipinski definition) is 6. The Bertz CT molecular complexity index is 549. The van der Waals surface area contributed by atoms with Gasteiger partial charge in [0.2, 0.25) is 5.91 Å². The molecule has 1 unspecified atom stereocenters. The number of hydrogen-bond donors (Lipinski definition) is 2. The second-order valence-electron chi connectivity index (χ2n) is 4.89. The molecule has 1 aromatic rings. The zero-order valence-corrected chi connectivity index (χ0v) is 11.7. The predicted molar refractivity (Wildman–Crippen MR) is 75.9 cm³/mol. The van der Waals surface area contributed by atoms with E-state index in [1.165, 1.54) is 19.2 Å². The predicted octanol–water partition coefficient (Wildman–Crippen LogP) is -0.137. The molecular formula is C13H18N4O4. The molecule has 1 aromatic carbocycles. The molecule has 0 aliphatic carbocycles. The molecule has 0 aromatic heterocycles. The molecule has 1 amide bonds. The van der Waals surface area contributed by atoms with Gasteiger partial charge in [-0.05, 0) is 11.6 Å². The number of carbonyl (C=O) groups is 1. The molecule has 1 heterocycles. The van der Waals surface area contributed by atoms with E-state index in [9.17, 15) is 14.9 Å². The smallest absolute Gasteiger partial charge is 0.273 e. The monoisotopic (exact) mass is 294 g/mol. The van der Waals surface area contributed by atoms with Crippen LogP contribution in [0.15, 0.2) is 18.2 Å². The molecule has 2 rings (SSSR count). The number of nitro benzene ring substituents is 1. The zero-order chi connectivity index (χ0) is 15.4. The summed E-state index contributed by atoms with van der Waals surface area (Å²) in [6, 6.07) is 4.17. The van der Waals surface area contributed by atoms with Crippen molar-refractivity contribution in [2.75, 3.05) is 26.7 Å². The minimum Gasteiger partial charge on any atom is -0.496 e. The second kappa shape index (κ2) is 6.51. The van der Waals surface area contributed by atoms with E-state index in [0.717, 1.165) is 6.54 Å². The van der Waals surface area contributed by atoms with Crippen molar-refractivity contribution >= 4 is 11.6 Å². The molecule has 21 heavy (non-hydrogen) atoms. The third-order valence-corrected chi connectivity index (χ3v) is 3.47. The fourth-order valence-corrected chi connectivity index (χ4v) is 2.41. The summed E-state index contributed by atoms with van der Waals surface area (Å²) in [5, 5.41) is 14.0. The first-order chi connectivity index (χ1) is 10.0. The van der Waals surface area contributed by atoms with Crippen LogP contribution in [0.1, 0.15) is 5.56 Å². The molecule has 0 radical (unpaired) electrons. The first-order valence-corrected chi connectivity index (χ1v) is 6.57. The summed E-state index contributed by atoms with van der Waals surface area (Å²) in [4.78, 5) is 23.9. The molecule has 1 aliphatic heterocycles. The van der Waals surface area contributed by atoms with Gasteiger partial charge in [-0.25, -0.2) is 0 Å². The number of methoxy groups -OCH3 is 1. The third kappa shape index (κ3) is 3.67. The highest BCUT2D eigenvalue weighted by molar-refractivity contribution is 5.80. The van der Waals surface area contributed by atoms with Gasteiger partial charge in [-0.3, -0.25) is 19.8 Å². The first-order valence-electron chi connectivity index (χ1n) is 6.57. The number of nitrogens with zero attached hydrogens (tertiary/aromatic N) is 2. The van der Waals surface area contributed by atoms with Crippen LogP contribution in [0.3, 0.4) is 0 Å². The van der Waals surface area contributed by atoms with Crippen LogP contribution < -0.4 is 15.8 Å². The van der Waals surface area contributed by atoms with Gasteiger partial charge in [0, 0.05) is 32.2 Å². The number of primary amides is 1. The maximum Gasteiger partial charge on any atom is 0.273 e. The Morgan fingerprint density at radius 3 is 2.95 bits per heavy atom. The van der Waals surface area contributed by atoms with Crippen molar-refractivity contribution in [1.29, 1.82) is 0 Å². The summed E-state index contributed by atoms with van der Waals surface area (Å²) in [7, 11) is 1.46. The number of nitrogens with one attached hydrogen (secondary N) is 1. The fourth-order valence-electron chi connectivity index (χ4n) is 2.41. The van der Waals surface area contributed by atoms with Crippen molar-refractivity contribution in [3.05, 3.63) is 33.9 Å². The number of nitro groups is 1. The highest BCUT2D eigenvalue weighted by Gasteiger charge is 2.27. The number of benzene rings is 1. The van der Waals surface area contributed by atoms with Crippen molar-refractivity contribution in [2.45, 2.75) is 12.6 Å². The van der Waals surface area contributed by atoms with Crippen molar-refractivity contribution in [2.24, 2.45) is 5.73 Å². The Morgan fingerprint density at radius 1 is 1.57 bits per heavy atom. The Hall–Kier alpha value is -2.19. The molecule has 1 fully saturated rings. The fraction of sp³-hybridized carbons (Fsp3) is 0.462. The van der Waals surface area contributed by atoms with Gasteiger partial charge < -0.3 is 15.8 Å². The Morgan fingerprint density at radius 2 is 2.33 bits per heavy atom. The highest BCUT2D eigenvalue weighted by Crippen LogP contribution is 2.24. The topological polar surface area (TPSA) is 111 Å². The summed E-state index contributed by atoms with van der Waals surface area (Å²) < 4.78 is 5.08. The van der Waals surface area contributed by atoms with Crippen molar-refractivity contribution < 1.29 is 14.5 Å². The van der Waals surface area contributed by atoms with Crippen molar-refractivity contribution in [3.8, 4) is 5.75 Å². The lowest BCUT2D eigenvalue weighted by molar-refractivity contribution is -0.385. The molecular weight excluding hydrogens is 276 g/mol. The van der Waals surface area contributed by atoms with Gasteiger partial charge in [0.15, 0.2) is 0 Å². The van der Waals surface area contributed by atoms with E-state index in [2.05, 4.69) is 5.32 Å². The maximum absolute atomic E-state index is 11.5. The molecule has 0 bridgehead atoms. The van der Waals surface area contributed by atoms with Gasteiger partial charge in [-0.2, -0.15) is 0 Å². The Labute approximate surface area is 122 Å². The quantitative estimate of drug-likeness (QED) is 0.578. The molecule has 8 nitrogen and oxygen atoms in total. The van der Waals surface area contributed by atoms with Gasteiger partial charge in [-0.15, -0.1) is 0 Å². The van der Waals surface area contributed by atoms with Crippen LogP contribution in [-0.4, -0.2) is 48.5 Å². The van der Waals surface area contributed by atoms with Crippen LogP contribution in [0, 0.1) is 10.1 Å². The largest absolute Gasteiger partial charge is 0.496 e. The van der Waals surface area contributed by atoms with Crippen LogP contribution in [0.4, 0.5) is 5.69 Å². The van der Waals surface area contributed by atoms with E-state index < -0.39 is 16.9 Å². The number of rotatable bonds is 5. The lowest BCUT2D eigenvalue weighted by Gasteiger charge is -2.34. The van der Waals surface area contributed by atoms with Crippen LogP contribution in [0.2, 0.25) is 0 Å². The minimum absolute atomic E-state index is 0.0323. The van der Waals surface area contributed by atoms with E-state index >= 15 is 0 Å². The first kappa shape index (κ1) is 15.2. The van der Waals surface area contributed by atoms with E-state index in [1.54, 1.807) is 6.07 Å². The molecule has 1 aliphatic rings. The van der Waals surface area contributed by atoms with E-state index in [1.807, 2.05) is 4.90 Å². The van der Waals surface area contributed by atoms with Crippen LogP contribution in [0.5, 0.6) is 5.75 Å². The highest BCUT2D eigenvalue weighted by atomic mass is 16.6. The second-order valence-corrected chi connectivity index (χ2v) is 4.89. The number of carbonyl (C=O) groups excluding carboxylic acids is 1. The minimum atomic E-state index is -0.463. The number of ether oxygens (including phenoxy) is 1. The summed E-state index contributed by atoms with van der Waals surface area (Å²) in [5.41, 5.74) is 6.08. The molecule has 3 N–H and O–H groups in total.